The van der Waals surface area contributed by atoms with E-state index in [0.717, 1.165) is 12.8 Å². The summed E-state index contributed by atoms with van der Waals surface area (Å²) in [6.07, 6.45) is 5.12. The molecule has 2 unspecified atom stereocenters. The Morgan fingerprint density at radius 2 is 1.92 bits per heavy atom. The first-order valence-electron chi connectivity index (χ1n) is 8.91. The van der Waals surface area contributed by atoms with E-state index in [4.69, 9.17) is 4.74 Å². The number of amides is 1. The molecule has 0 aliphatic carbocycles. The topological polar surface area (TPSA) is 80.3 Å². The van der Waals surface area contributed by atoms with E-state index in [-0.39, 0.29) is 11.3 Å². The maximum Gasteiger partial charge on any atom is 0.350 e. The van der Waals surface area contributed by atoms with E-state index in [1.165, 1.54) is 31.3 Å². The van der Waals surface area contributed by atoms with E-state index in [1.54, 1.807) is 0 Å². The quantitative estimate of drug-likeness (QED) is 0.802. The lowest BCUT2D eigenvalue weighted by molar-refractivity contribution is -0.117. The highest BCUT2D eigenvalue weighted by molar-refractivity contribution is 7.17. The molecule has 0 spiro atoms. The molecule has 7 heteroatoms. The zero-order chi connectivity index (χ0) is 18.2. The molecule has 2 fully saturated rings. The van der Waals surface area contributed by atoms with Gasteiger partial charge in [-0.15, -0.1) is 0 Å². The normalized spacial score (nSPS) is 25.7. The van der Waals surface area contributed by atoms with Crippen LogP contribution >= 0.6 is 11.3 Å². The van der Waals surface area contributed by atoms with Crippen molar-refractivity contribution in [1.82, 2.24) is 10.3 Å². The summed E-state index contributed by atoms with van der Waals surface area (Å²) in [5, 5.41) is 6.97. The maximum absolute atomic E-state index is 12.4. The molecule has 2 aliphatic rings. The molecular weight excluding hydrogens is 338 g/mol. The lowest BCUT2D eigenvalue weighted by Gasteiger charge is -2.28. The molecule has 2 atom stereocenters. The first-order valence-corrected chi connectivity index (χ1v) is 9.73. The Bertz CT molecular complexity index is 653. The van der Waals surface area contributed by atoms with Crippen molar-refractivity contribution in [2.24, 2.45) is 5.92 Å². The van der Waals surface area contributed by atoms with Gasteiger partial charge in [0.15, 0.2) is 5.13 Å². The van der Waals surface area contributed by atoms with Gasteiger partial charge in [0, 0.05) is 23.9 Å². The minimum atomic E-state index is -0.405. The average Bonchev–Trinajstić information content (AvgIpc) is 3.09. The van der Waals surface area contributed by atoms with Crippen molar-refractivity contribution in [1.29, 1.82) is 0 Å². The van der Waals surface area contributed by atoms with Gasteiger partial charge in [0.05, 0.1) is 12.8 Å². The van der Waals surface area contributed by atoms with E-state index in [2.05, 4.69) is 15.6 Å². The molecule has 3 heterocycles. The van der Waals surface area contributed by atoms with Crippen LogP contribution in [0.1, 0.15) is 68.2 Å². The monoisotopic (exact) mass is 365 g/mol. The van der Waals surface area contributed by atoms with Gasteiger partial charge in [-0.1, -0.05) is 32.1 Å². The van der Waals surface area contributed by atoms with Gasteiger partial charge >= 0.3 is 5.97 Å². The highest BCUT2D eigenvalue weighted by Gasteiger charge is 2.34. The van der Waals surface area contributed by atoms with Gasteiger partial charge in [-0.3, -0.25) is 4.79 Å². The molecule has 1 amide bonds. The number of hydrogen-bond acceptors (Lipinski definition) is 6. The van der Waals surface area contributed by atoms with E-state index in [9.17, 15) is 9.59 Å². The summed E-state index contributed by atoms with van der Waals surface area (Å²) in [7, 11) is 1.36. The third-order valence-corrected chi connectivity index (χ3v) is 5.95. The summed E-state index contributed by atoms with van der Waals surface area (Å²) in [6, 6.07) is 1.16. The lowest BCUT2D eigenvalue weighted by Crippen LogP contribution is -2.39. The van der Waals surface area contributed by atoms with Crippen LogP contribution in [0.5, 0.6) is 0 Å². The van der Waals surface area contributed by atoms with E-state index >= 15 is 0 Å². The molecule has 2 bridgehead atoms. The van der Waals surface area contributed by atoms with Crippen LogP contribution < -0.4 is 10.6 Å². The predicted molar refractivity (Wildman–Crippen MR) is 98.1 cm³/mol. The summed E-state index contributed by atoms with van der Waals surface area (Å²) >= 11 is 1.19. The molecular formula is C18H27N3O3S. The number of esters is 1. The van der Waals surface area contributed by atoms with Crippen LogP contribution in [0.15, 0.2) is 0 Å². The fourth-order valence-corrected chi connectivity index (χ4v) is 5.00. The molecule has 2 N–H and O–H groups in total. The number of thiazole rings is 1. The van der Waals surface area contributed by atoms with Crippen LogP contribution in [0.2, 0.25) is 0 Å². The Balaban J connectivity index is 1.66. The van der Waals surface area contributed by atoms with E-state index in [0.29, 0.717) is 40.1 Å². The number of anilines is 1. The summed E-state index contributed by atoms with van der Waals surface area (Å²) in [6.45, 7) is 5.97. The van der Waals surface area contributed by atoms with Crippen molar-refractivity contribution in [2.75, 3.05) is 12.4 Å². The first kappa shape index (κ1) is 18.3. The van der Waals surface area contributed by atoms with Crippen molar-refractivity contribution in [3.05, 3.63) is 10.6 Å². The largest absolute Gasteiger partial charge is 0.465 e. The van der Waals surface area contributed by atoms with Gasteiger partial charge in [-0.2, -0.15) is 0 Å². The number of carbonyl (C=O) groups is 2. The summed E-state index contributed by atoms with van der Waals surface area (Å²) in [4.78, 5) is 29.4. The van der Waals surface area contributed by atoms with Crippen molar-refractivity contribution < 1.29 is 14.3 Å². The van der Waals surface area contributed by atoms with Gasteiger partial charge in [-0.05, 0) is 31.6 Å². The van der Waals surface area contributed by atoms with Crippen LogP contribution in [0.25, 0.3) is 0 Å². The highest BCUT2D eigenvalue weighted by atomic mass is 32.1. The highest BCUT2D eigenvalue weighted by Crippen LogP contribution is 2.34. The maximum atomic E-state index is 12.4. The number of nitrogens with one attached hydrogen (secondary N) is 2. The Kier molecular flexibility index (Phi) is 5.16. The Morgan fingerprint density at radius 3 is 2.48 bits per heavy atom. The summed E-state index contributed by atoms with van der Waals surface area (Å²) in [5.41, 5.74) is 0.372. The second kappa shape index (κ2) is 7.03. The van der Waals surface area contributed by atoms with Gasteiger partial charge in [0.1, 0.15) is 4.88 Å². The number of fused-ring (bicyclic) bond motifs is 2. The van der Waals surface area contributed by atoms with Gasteiger partial charge in [0.25, 0.3) is 0 Å². The molecule has 0 aromatic carbocycles. The van der Waals surface area contributed by atoms with Crippen molar-refractivity contribution in [3.63, 3.8) is 0 Å². The summed E-state index contributed by atoms with van der Waals surface area (Å²) < 4.78 is 4.85. The number of aromatic nitrogens is 1. The Hall–Kier alpha value is -1.47. The molecule has 0 radical (unpaired) electrons. The van der Waals surface area contributed by atoms with Gasteiger partial charge in [0.2, 0.25) is 5.91 Å². The predicted octanol–water partition coefficient (Wildman–Crippen LogP) is 3.09. The summed E-state index contributed by atoms with van der Waals surface area (Å²) in [5.74, 6) is 0.00987. The average molecular weight is 365 g/mol. The van der Waals surface area contributed by atoms with Crippen LogP contribution in [-0.2, 0) is 14.9 Å². The number of piperidine rings is 1. The number of rotatable bonds is 4. The third kappa shape index (κ3) is 4.20. The van der Waals surface area contributed by atoms with E-state index < -0.39 is 5.97 Å². The van der Waals surface area contributed by atoms with Crippen LogP contribution in [-0.4, -0.2) is 36.1 Å². The minimum Gasteiger partial charge on any atom is -0.465 e. The second-order valence-corrected chi connectivity index (χ2v) is 9.16. The molecule has 3 rings (SSSR count). The molecule has 2 saturated heterocycles. The third-order valence-electron chi connectivity index (χ3n) is 5.00. The molecule has 25 heavy (non-hydrogen) atoms. The molecule has 0 saturated carbocycles. The molecule has 2 aliphatic heterocycles. The number of methoxy groups -OCH3 is 1. The van der Waals surface area contributed by atoms with Crippen molar-refractivity contribution in [2.45, 2.75) is 70.4 Å². The van der Waals surface area contributed by atoms with Crippen LogP contribution in [0.3, 0.4) is 0 Å². The Morgan fingerprint density at radius 1 is 1.28 bits per heavy atom. The number of hydrogen-bond donors (Lipinski definition) is 2. The molecule has 1 aromatic rings. The van der Waals surface area contributed by atoms with Crippen molar-refractivity contribution in [3.8, 4) is 0 Å². The molecule has 6 nitrogen and oxygen atoms in total. The molecule has 1 aromatic heterocycles. The second-order valence-electron chi connectivity index (χ2n) is 8.17. The van der Waals surface area contributed by atoms with Crippen LogP contribution in [0.4, 0.5) is 5.13 Å². The fourth-order valence-electron chi connectivity index (χ4n) is 3.89. The Labute approximate surface area is 152 Å². The van der Waals surface area contributed by atoms with E-state index in [1.807, 2.05) is 20.8 Å². The van der Waals surface area contributed by atoms with Gasteiger partial charge < -0.3 is 15.4 Å². The zero-order valence-electron chi connectivity index (χ0n) is 15.3. The first-order chi connectivity index (χ1) is 11.8. The zero-order valence-corrected chi connectivity index (χ0v) is 16.2. The lowest BCUT2D eigenvalue weighted by atomic mass is 9.89. The number of ether oxygens (including phenoxy) is 1. The standard InChI is InChI=1S/C18H27N3O3S/c1-18(2,3)15-14(16(23)24-4)25-17(21-15)20-13(22)9-10-7-11-5-6-12(8-10)19-11/h10-12,19H,5-9H2,1-4H3,(H,20,21,22). The van der Waals surface area contributed by atoms with Crippen LogP contribution in [0, 0.1) is 5.92 Å². The van der Waals surface area contributed by atoms with Gasteiger partial charge in [-0.25, -0.2) is 9.78 Å². The minimum absolute atomic E-state index is 0.0167. The fraction of sp³-hybridized carbons (Fsp3) is 0.722. The van der Waals surface area contributed by atoms with Crippen molar-refractivity contribution >= 4 is 28.3 Å². The molecule has 138 valence electrons. The number of nitrogens with zero attached hydrogens (tertiary/aromatic N) is 1. The SMILES string of the molecule is COC(=O)c1sc(NC(=O)CC2CC3CCC(C2)N3)nc1C(C)(C)C. The smallest absolute Gasteiger partial charge is 0.350 e. The number of carbonyl (C=O) groups excluding carboxylic acids is 2.